The first-order valence-corrected chi connectivity index (χ1v) is 5.74. The van der Waals surface area contributed by atoms with Gasteiger partial charge >= 0.3 is 0 Å². The summed E-state index contributed by atoms with van der Waals surface area (Å²) in [4.78, 5) is 0. The van der Waals surface area contributed by atoms with Crippen LogP contribution >= 0.6 is 15.9 Å². The molecule has 84 valence electrons. The van der Waals surface area contributed by atoms with E-state index in [0.717, 1.165) is 0 Å². The molecule has 0 radical (unpaired) electrons. The van der Waals surface area contributed by atoms with Gasteiger partial charge < -0.3 is 10.4 Å². The van der Waals surface area contributed by atoms with E-state index >= 15 is 0 Å². The first-order chi connectivity index (χ1) is 7.61. The highest BCUT2D eigenvalue weighted by Crippen LogP contribution is 2.30. The number of anilines is 1. The number of nitriles is 1. The molecule has 1 aliphatic rings. The average molecular weight is 285 g/mol. The summed E-state index contributed by atoms with van der Waals surface area (Å²) in [6.07, 6.45) is 0.996. The SMILES string of the molecule is N#Cc1ccc(NC2CC(O)C2)c(F)c1Br. The second-order valence-corrected chi connectivity index (χ2v) is 4.66. The second kappa shape index (κ2) is 4.40. The van der Waals surface area contributed by atoms with Gasteiger partial charge in [0.2, 0.25) is 0 Å². The van der Waals surface area contributed by atoms with Crippen LogP contribution in [0.4, 0.5) is 10.1 Å². The molecule has 1 fully saturated rings. The Labute approximate surface area is 101 Å². The average Bonchev–Trinajstić information content (AvgIpc) is 2.23. The highest BCUT2D eigenvalue weighted by Gasteiger charge is 2.27. The van der Waals surface area contributed by atoms with Gasteiger partial charge in [-0.3, -0.25) is 0 Å². The van der Waals surface area contributed by atoms with Gasteiger partial charge in [0.25, 0.3) is 0 Å². The lowest BCUT2D eigenvalue weighted by atomic mass is 9.89. The molecule has 1 aromatic rings. The topological polar surface area (TPSA) is 56.0 Å². The number of nitrogens with zero attached hydrogens (tertiary/aromatic N) is 1. The van der Waals surface area contributed by atoms with Gasteiger partial charge in [0.05, 0.1) is 21.8 Å². The van der Waals surface area contributed by atoms with E-state index in [0.29, 0.717) is 18.5 Å². The fraction of sp³-hybridized carbons (Fsp3) is 0.364. The van der Waals surface area contributed by atoms with Gasteiger partial charge in [-0.05, 0) is 40.9 Å². The van der Waals surface area contributed by atoms with E-state index < -0.39 is 5.82 Å². The Bertz CT molecular complexity index is 452. The number of rotatable bonds is 2. The smallest absolute Gasteiger partial charge is 0.161 e. The molecule has 0 atom stereocenters. The quantitative estimate of drug-likeness (QED) is 0.877. The minimum Gasteiger partial charge on any atom is -0.393 e. The monoisotopic (exact) mass is 284 g/mol. The molecule has 1 aliphatic carbocycles. The van der Waals surface area contributed by atoms with Gasteiger partial charge in [0.15, 0.2) is 5.82 Å². The van der Waals surface area contributed by atoms with Gasteiger partial charge in [-0.15, -0.1) is 0 Å². The predicted octanol–water partition coefficient (Wildman–Crippen LogP) is 2.40. The fourth-order valence-corrected chi connectivity index (χ4v) is 2.11. The lowest BCUT2D eigenvalue weighted by Crippen LogP contribution is -2.39. The molecule has 2 N–H and O–H groups in total. The molecular formula is C11H10BrFN2O. The van der Waals surface area contributed by atoms with Gasteiger partial charge in [0.1, 0.15) is 6.07 Å². The van der Waals surface area contributed by atoms with Crippen molar-refractivity contribution in [3.05, 3.63) is 28.0 Å². The number of hydrogen-bond acceptors (Lipinski definition) is 3. The third-order valence-electron chi connectivity index (χ3n) is 2.68. The molecule has 0 amide bonds. The van der Waals surface area contributed by atoms with Crippen molar-refractivity contribution in [2.75, 3.05) is 5.32 Å². The van der Waals surface area contributed by atoms with E-state index in [1.54, 1.807) is 12.1 Å². The molecule has 0 aliphatic heterocycles. The molecule has 0 saturated heterocycles. The molecule has 0 aromatic heterocycles. The maximum absolute atomic E-state index is 13.7. The molecule has 16 heavy (non-hydrogen) atoms. The first kappa shape index (κ1) is 11.4. The summed E-state index contributed by atoms with van der Waals surface area (Å²) in [5, 5.41) is 20.8. The molecule has 0 spiro atoms. The third kappa shape index (κ3) is 2.04. The highest BCUT2D eigenvalue weighted by molar-refractivity contribution is 9.10. The predicted molar refractivity (Wildman–Crippen MR) is 61.5 cm³/mol. The van der Waals surface area contributed by atoms with Crippen LogP contribution in [0.5, 0.6) is 0 Å². The molecule has 0 bridgehead atoms. The summed E-state index contributed by atoms with van der Waals surface area (Å²) < 4.78 is 13.9. The summed E-state index contributed by atoms with van der Waals surface area (Å²) in [5.41, 5.74) is 0.638. The largest absolute Gasteiger partial charge is 0.393 e. The Hall–Kier alpha value is -1.12. The lowest BCUT2D eigenvalue weighted by molar-refractivity contribution is 0.0835. The normalized spacial score (nSPS) is 23.4. The molecular weight excluding hydrogens is 275 g/mol. The van der Waals surface area contributed by atoms with E-state index in [1.807, 2.05) is 6.07 Å². The zero-order valence-electron chi connectivity index (χ0n) is 8.37. The number of halogens is 2. The van der Waals surface area contributed by atoms with E-state index in [4.69, 9.17) is 10.4 Å². The van der Waals surface area contributed by atoms with Crippen molar-refractivity contribution < 1.29 is 9.50 Å². The van der Waals surface area contributed by atoms with Crippen molar-refractivity contribution >= 4 is 21.6 Å². The van der Waals surface area contributed by atoms with E-state index in [9.17, 15) is 4.39 Å². The first-order valence-electron chi connectivity index (χ1n) is 4.94. The minimum absolute atomic E-state index is 0.115. The number of nitrogens with one attached hydrogen (secondary N) is 1. The Kier molecular flexibility index (Phi) is 3.13. The number of benzene rings is 1. The zero-order chi connectivity index (χ0) is 11.7. The molecule has 0 unspecified atom stereocenters. The van der Waals surface area contributed by atoms with Crippen LogP contribution in [0.15, 0.2) is 16.6 Å². The van der Waals surface area contributed by atoms with Crippen LogP contribution in [0.25, 0.3) is 0 Å². The van der Waals surface area contributed by atoms with Crippen molar-refractivity contribution in [3.8, 4) is 6.07 Å². The third-order valence-corrected chi connectivity index (χ3v) is 3.45. The minimum atomic E-state index is -0.458. The van der Waals surface area contributed by atoms with Crippen molar-refractivity contribution in [2.45, 2.75) is 25.0 Å². The summed E-state index contributed by atoms with van der Waals surface area (Å²) in [6, 6.07) is 5.12. The van der Waals surface area contributed by atoms with E-state index in [2.05, 4.69) is 21.2 Å². The summed E-state index contributed by atoms with van der Waals surface area (Å²) in [6.45, 7) is 0. The summed E-state index contributed by atoms with van der Waals surface area (Å²) in [5.74, 6) is -0.458. The standard InChI is InChI=1S/C11H10BrFN2O/c12-10-6(5-14)1-2-9(11(10)13)15-7-3-8(16)4-7/h1-2,7-8,15-16H,3-4H2. The Balaban J connectivity index is 2.17. The van der Waals surface area contributed by atoms with E-state index in [1.165, 1.54) is 0 Å². The maximum Gasteiger partial charge on any atom is 0.161 e. The van der Waals surface area contributed by atoms with Crippen molar-refractivity contribution in [1.29, 1.82) is 5.26 Å². The molecule has 2 rings (SSSR count). The number of hydrogen-bond donors (Lipinski definition) is 2. The van der Waals surface area contributed by atoms with Crippen LogP contribution in [0, 0.1) is 17.1 Å². The van der Waals surface area contributed by atoms with Crippen LogP contribution in [0.1, 0.15) is 18.4 Å². The molecule has 0 heterocycles. The molecule has 5 heteroatoms. The zero-order valence-corrected chi connectivity index (χ0v) is 9.96. The van der Waals surface area contributed by atoms with Gasteiger partial charge in [0, 0.05) is 6.04 Å². The maximum atomic E-state index is 13.7. The van der Waals surface area contributed by atoms with Crippen molar-refractivity contribution in [3.63, 3.8) is 0 Å². The Morgan fingerprint density at radius 1 is 1.50 bits per heavy atom. The van der Waals surface area contributed by atoms with Crippen molar-refractivity contribution in [1.82, 2.24) is 0 Å². The number of aliphatic hydroxyl groups excluding tert-OH is 1. The van der Waals surface area contributed by atoms with Crippen LogP contribution in [-0.4, -0.2) is 17.3 Å². The molecule has 1 saturated carbocycles. The Morgan fingerprint density at radius 3 is 2.75 bits per heavy atom. The van der Waals surface area contributed by atoms with Gasteiger partial charge in [-0.2, -0.15) is 5.26 Å². The van der Waals surface area contributed by atoms with Crippen LogP contribution < -0.4 is 5.32 Å². The second-order valence-electron chi connectivity index (χ2n) is 3.87. The van der Waals surface area contributed by atoms with Crippen LogP contribution in [0.3, 0.4) is 0 Å². The molecule has 1 aromatic carbocycles. The number of aliphatic hydroxyl groups is 1. The Morgan fingerprint density at radius 2 is 2.19 bits per heavy atom. The van der Waals surface area contributed by atoms with Crippen molar-refractivity contribution in [2.24, 2.45) is 0 Å². The van der Waals surface area contributed by atoms with Gasteiger partial charge in [-0.25, -0.2) is 4.39 Å². The van der Waals surface area contributed by atoms with E-state index in [-0.39, 0.29) is 22.2 Å². The molecule has 3 nitrogen and oxygen atoms in total. The fourth-order valence-electron chi connectivity index (χ4n) is 1.67. The lowest BCUT2D eigenvalue weighted by Gasteiger charge is -2.33. The van der Waals surface area contributed by atoms with Crippen LogP contribution in [0.2, 0.25) is 0 Å². The van der Waals surface area contributed by atoms with Crippen LogP contribution in [-0.2, 0) is 0 Å². The van der Waals surface area contributed by atoms with Gasteiger partial charge in [-0.1, -0.05) is 0 Å². The summed E-state index contributed by atoms with van der Waals surface area (Å²) in [7, 11) is 0. The summed E-state index contributed by atoms with van der Waals surface area (Å²) >= 11 is 3.05. The highest BCUT2D eigenvalue weighted by atomic mass is 79.9.